The highest BCUT2D eigenvalue weighted by molar-refractivity contribution is 9.10. The maximum Gasteiger partial charge on any atom is 0.276 e. The van der Waals surface area contributed by atoms with Crippen LogP contribution in [0.4, 0.5) is 0 Å². The predicted molar refractivity (Wildman–Crippen MR) is 96.2 cm³/mol. The Labute approximate surface area is 153 Å². The van der Waals surface area contributed by atoms with E-state index in [-0.39, 0.29) is 12.5 Å². The third kappa shape index (κ3) is 4.72. The van der Waals surface area contributed by atoms with E-state index in [1.54, 1.807) is 18.2 Å². The van der Waals surface area contributed by atoms with Gasteiger partial charge in [0.05, 0.1) is 5.02 Å². The summed E-state index contributed by atoms with van der Waals surface area (Å²) in [6, 6.07) is 10.6. The number of aryl methyl sites for hydroxylation is 2. The van der Waals surface area contributed by atoms with E-state index in [9.17, 15) is 9.59 Å². The van der Waals surface area contributed by atoms with Crippen LogP contribution in [0.2, 0.25) is 5.02 Å². The Bertz CT molecular complexity index is 757. The first-order valence-corrected chi connectivity index (χ1v) is 8.29. The molecule has 2 aromatic carbocycles. The van der Waals surface area contributed by atoms with Crippen LogP contribution in [0.1, 0.15) is 21.5 Å². The number of nitrogens with one attached hydrogen (secondary N) is 2. The van der Waals surface area contributed by atoms with Crippen LogP contribution in [0.3, 0.4) is 0 Å². The molecule has 0 bridgehead atoms. The summed E-state index contributed by atoms with van der Waals surface area (Å²) in [5.41, 5.74) is 6.77. The summed E-state index contributed by atoms with van der Waals surface area (Å²) in [5.74, 6) is -0.449. The van der Waals surface area contributed by atoms with E-state index < -0.39 is 5.91 Å². The van der Waals surface area contributed by atoms with Gasteiger partial charge >= 0.3 is 0 Å². The van der Waals surface area contributed by atoms with Gasteiger partial charge in [0.1, 0.15) is 5.75 Å². The standard InChI is InChI=1S/C17H16BrClN2O3/c1-10-5-3-4-6-13(10)17(23)21-20-15(22)9-24-16-11(2)7-12(18)8-14(16)19/h3-8H,9H2,1-2H3,(H,20,22)(H,21,23). The van der Waals surface area contributed by atoms with Crippen LogP contribution in [0, 0.1) is 13.8 Å². The number of rotatable bonds is 4. The molecular formula is C17H16BrClN2O3. The molecule has 0 aliphatic rings. The molecule has 126 valence electrons. The van der Waals surface area contributed by atoms with Gasteiger partial charge in [-0.25, -0.2) is 0 Å². The van der Waals surface area contributed by atoms with Gasteiger partial charge in [-0.15, -0.1) is 0 Å². The van der Waals surface area contributed by atoms with Crippen LogP contribution in [0.25, 0.3) is 0 Å². The zero-order chi connectivity index (χ0) is 17.7. The Kier molecular flexibility index (Phi) is 6.23. The van der Waals surface area contributed by atoms with Crippen molar-refractivity contribution in [3.63, 3.8) is 0 Å². The van der Waals surface area contributed by atoms with E-state index in [1.165, 1.54) is 0 Å². The minimum atomic E-state index is -0.490. The number of benzene rings is 2. The van der Waals surface area contributed by atoms with Crippen LogP contribution < -0.4 is 15.6 Å². The lowest BCUT2D eigenvalue weighted by atomic mass is 10.1. The van der Waals surface area contributed by atoms with Crippen molar-refractivity contribution in [3.8, 4) is 5.75 Å². The lowest BCUT2D eigenvalue weighted by molar-refractivity contribution is -0.123. The molecule has 0 radical (unpaired) electrons. The van der Waals surface area contributed by atoms with Crippen molar-refractivity contribution in [3.05, 3.63) is 62.6 Å². The Balaban J connectivity index is 1.88. The fourth-order valence-corrected chi connectivity index (χ4v) is 3.09. The van der Waals surface area contributed by atoms with Gasteiger partial charge in [-0.05, 0) is 43.2 Å². The fourth-order valence-electron chi connectivity index (χ4n) is 2.07. The minimum absolute atomic E-state index is 0.268. The summed E-state index contributed by atoms with van der Waals surface area (Å²) in [5, 5.41) is 0.402. The highest BCUT2D eigenvalue weighted by atomic mass is 79.9. The van der Waals surface area contributed by atoms with Crippen molar-refractivity contribution in [2.45, 2.75) is 13.8 Å². The van der Waals surface area contributed by atoms with Gasteiger partial charge in [0.2, 0.25) is 0 Å². The summed E-state index contributed by atoms with van der Waals surface area (Å²) in [4.78, 5) is 23.8. The number of hydrogen-bond donors (Lipinski definition) is 2. The van der Waals surface area contributed by atoms with Gasteiger partial charge in [0.25, 0.3) is 11.8 Å². The molecule has 0 spiro atoms. The summed E-state index contributed by atoms with van der Waals surface area (Å²) < 4.78 is 6.26. The van der Waals surface area contributed by atoms with Crippen LogP contribution >= 0.6 is 27.5 Å². The van der Waals surface area contributed by atoms with Crippen molar-refractivity contribution >= 4 is 39.3 Å². The topological polar surface area (TPSA) is 67.4 Å². The second-order valence-corrected chi connectivity index (χ2v) is 6.46. The Morgan fingerprint density at radius 3 is 2.50 bits per heavy atom. The zero-order valence-corrected chi connectivity index (χ0v) is 15.5. The second kappa shape index (κ2) is 8.17. The van der Waals surface area contributed by atoms with E-state index in [2.05, 4.69) is 26.8 Å². The number of hydrazine groups is 1. The van der Waals surface area contributed by atoms with E-state index in [0.717, 1.165) is 15.6 Å². The molecule has 0 aromatic heterocycles. The molecule has 24 heavy (non-hydrogen) atoms. The van der Waals surface area contributed by atoms with Crippen molar-refractivity contribution in [2.24, 2.45) is 0 Å². The predicted octanol–water partition coefficient (Wildman–Crippen LogP) is 3.56. The summed E-state index contributed by atoms with van der Waals surface area (Å²) in [6.45, 7) is 3.37. The summed E-state index contributed by atoms with van der Waals surface area (Å²) in [7, 11) is 0. The van der Waals surface area contributed by atoms with Crippen molar-refractivity contribution in [2.75, 3.05) is 6.61 Å². The Morgan fingerprint density at radius 1 is 1.12 bits per heavy atom. The summed E-state index contributed by atoms with van der Waals surface area (Å²) >= 11 is 9.42. The molecule has 0 saturated carbocycles. The first kappa shape index (κ1) is 18.3. The average molecular weight is 412 g/mol. The highest BCUT2D eigenvalue weighted by Gasteiger charge is 2.12. The number of ether oxygens (including phenoxy) is 1. The molecule has 0 saturated heterocycles. The molecule has 2 N–H and O–H groups in total. The van der Waals surface area contributed by atoms with Crippen LogP contribution in [0.15, 0.2) is 40.9 Å². The van der Waals surface area contributed by atoms with Crippen molar-refractivity contribution in [1.82, 2.24) is 10.9 Å². The lowest BCUT2D eigenvalue weighted by Crippen LogP contribution is -2.44. The number of hydrogen-bond acceptors (Lipinski definition) is 3. The fraction of sp³-hybridized carbons (Fsp3) is 0.176. The lowest BCUT2D eigenvalue weighted by Gasteiger charge is -2.12. The monoisotopic (exact) mass is 410 g/mol. The molecule has 0 atom stereocenters. The first-order chi connectivity index (χ1) is 11.4. The van der Waals surface area contributed by atoms with Crippen molar-refractivity contribution < 1.29 is 14.3 Å². The quantitative estimate of drug-likeness (QED) is 0.756. The largest absolute Gasteiger partial charge is 0.482 e. The zero-order valence-electron chi connectivity index (χ0n) is 13.2. The normalized spacial score (nSPS) is 10.2. The molecule has 0 heterocycles. The maximum absolute atomic E-state index is 12.0. The van der Waals surface area contributed by atoms with E-state index >= 15 is 0 Å². The van der Waals surface area contributed by atoms with Crippen molar-refractivity contribution in [1.29, 1.82) is 0 Å². The van der Waals surface area contributed by atoms with Crippen LogP contribution in [-0.2, 0) is 4.79 Å². The number of carbonyl (C=O) groups excluding carboxylic acids is 2. The van der Waals surface area contributed by atoms with Crippen LogP contribution in [0.5, 0.6) is 5.75 Å². The molecule has 7 heteroatoms. The molecular weight excluding hydrogens is 396 g/mol. The molecule has 0 aliphatic heterocycles. The molecule has 2 aromatic rings. The Morgan fingerprint density at radius 2 is 1.83 bits per heavy atom. The summed E-state index contributed by atoms with van der Waals surface area (Å²) in [6.07, 6.45) is 0. The van der Waals surface area contributed by atoms with Gasteiger partial charge < -0.3 is 4.74 Å². The van der Waals surface area contributed by atoms with Gasteiger partial charge in [0, 0.05) is 10.0 Å². The van der Waals surface area contributed by atoms with Gasteiger partial charge in [-0.2, -0.15) is 0 Å². The van der Waals surface area contributed by atoms with E-state index in [0.29, 0.717) is 16.3 Å². The third-order valence-corrected chi connectivity index (χ3v) is 3.99. The smallest absolute Gasteiger partial charge is 0.276 e. The number of amides is 2. The maximum atomic E-state index is 12.0. The molecule has 0 unspecified atom stereocenters. The highest BCUT2D eigenvalue weighted by Crippen LogP contribution is 2.31. The Hall–Kier alpha value is -2.05. The molecule has 5 nitrogen and oxygen atoms in total. The second-order valence-electron chi connectivity index (χ2n) is 5.14. The van der Waals surface area contributed by atoms with Gasteiger partial charge in [0.15, 0.2) is 6.61 Å². The van der Waals surface area contributed by atoms with E-state index in [1.807, 2.05) is 32.0 Å². The SMILES string of the molecule is Cc1ccccc1C(=O)NNC(=O)COc1c(C)cc(Br)cc1Cl. The van der Waals surface area contributed by atoms with Crippen LogP contribution in [-0.4, -0.2) is 18.4 Å². The molecule has 2 amide bonds. The minimum Gasteiger partial charge on any atom is -0.482 e. The van der Waals surface area contributed by atoms with Gasteiger partial charge in [-0.1, -0.05) is 45.7 Å². The molecule has 0 fully saturated rings. The van der Waals surface area contributed by atoms with E-state index in [4.69, 9.17) is 16.3 Å². The van der Waals surface area contributed by atoms with Gasteiger partial charge in [-0.3, -0.25) is 20.4 Å². The number of halogens is 2. The first-order valence-electron chi connectivity index (χ1n) is 7.11. The average Bonchev–Trinajstić information content (AvgIpc) is 2.52. The third-order valence-electron chi connectivity index (χ3n) is 3.25. The molecule has 2 rings (SSSR count). The molecule has 0 aliphatic carbocycles. The number of carbonyl (C=O) groups is 2.